The number of hydrogen-bond acceptors (Lipinski definition) is 7. The molecule has 5 amide bonds. The van der Waals surface area contributed by atoms with E-state index < -0.39 is 29.9 Å². The highest BCUT2D eigenvalue weighted by Gasteiger charge is 2.39. The third-order valence-corrected chi connectivity index (χ3v) is 5.94. The zero-order valence-electron chi connectivity index (χ0n) is 19.3. The van der Waals surface area contributed by atoms with Gasteiger partial charge in [0.1, 0.15) is 23.5 Å². The van der Waals surface area contributed by atoms with Gasteiger partial charge in [-0.1, -0.05) is 6.07 Å². The molecular weight excluding hydrogens is 454 g/mol. The predicted molar refractivity (Wildman–Crippen MR) is 125 cm³/mol. The van der Waals surface area contributed by atoms with Crippen LogP contribution in [0.2, 0.25) is 0 Å². The Hall–Kier alpha value is -4.22. The maximum absolute atomic E-state index is 13.3. The van der Waals surface area contributed by atoms with E-state index in [1.807, 2.05) is 0 Å². The summed E-state index contributed by atoms with van der Waals surface area (Å²) >= 11 is 0. The number of nitrogens with one attached hydrogen (secondary N) is 3. The zero-order chi connectivity index (χ0) is 24.8. The minimum absolute atomic E-state index is 0.0536. The van der Waals surface area contributed by atoms with Crippen molar-refractivity contribution in [3.05, 3.63) is 48.5 Å². The second-order valence-electron chi connectivity index (χ2n) is 8.21. The van der Waals surface area contributed by atoms with Crippen LogP contribution in [-0.2, 0) is 9.59 Å². The van der Waals surface area contributed by atoms with E-state index in [9.17, 15) is 19.2 Å². The summed E-state index contributed by atoms with van der Waals surface area (Å²) in [5.74, 6) is -0.660. The fourth-order valence-electron chi connectivity index (χ4n) is 4.07. The van der Waals surface area contributed by atoms with Crippen molar-refractivity contribution in [2.75, 3.05) is 38.6 Å². The number of anilines is 1. The van der Waals surface area contributed by atoms with Crippen molar-refractivity contribution in [1.29, 1.82) is 0 Å². The number of hydrogen-bond donors (Lipinski definition) is 3. The van der Waals surface area contributed by atoms with E-state index in [4.69, 9.17) is 4.74 Å². The Morgan fingerprint density at radius 1 is 1.20 bits per heavy atom. The molecule has 12 heteroatoms. The van der Waals surface area contributed by atoms with Gasteiger partial charge >= 0.3 is 6.03 Å². The van der Waals surface area contributed by atoms with Crippen LogP contribution in [0, 0.1) is 0 Å². The summed E-state index contributed by atoms with van der Waals surface area (Å²) in [6.45, 7) is 0.817. The van der Waals surface area contributed by atoms with E-state index in [0.29, 0.717) is 24.4 Å². The lowest BCUT2D eigenvalue weighted by atomic mass is 10.0. The first-order valence-electron chi connectivity index (χ1n) is 11.3. The number of piperazine rings is 1. The molecule has 3 N–H and O–H groups in total. The number of piperidine rings is 1. The molecule has 0 radical (unpaired) electrons. The number of nitrogens with zero attached hydrogens (tertiary/aromatic N) is 4. The Balaban J connectivity index is 1.51. The monoisotopic (exact) mass is 481 g/mol. The van der Waals surface area contributed by atoms with Crippen molar-refractivity contribution >= 4 is 29.4 Å². The lowest BCUT2D eigenvalue weighted by Crippen LogP contribution is -2.64. The highest BCUT2D eigenvalue weighted by atomic mass is 16.5. The molecule has 0 spiro atoms. The molecule has 12 nitrogen and oxygen atoms in total. The first kappa shape index (κ1) is 23.9. The maximum Gasteiger partial charge on any atom is 0.321 e. The molecule has 35 heavy (non-hydrogen) atoms. The van der Waals surface area contributed by atoms with E-state index in [-0.39, 0.29) is 31.2 Å². The molecule has 2 fully saturated rings. The fraction of sp³-hybridized carbons (Fsp3) is 0.391. The average Bonchev–Trinajstić information content (AvgIpc) is 2.89. The van der Waals surface area contributed by atoms with Gasteiger partial charge in [0, 0.05) is 43.8 Å². The number of urea groups is 1. The first-order chi connectivity index (χ1) is 17.0. The molecule has 0 saturated carbocycles. The molecule has 2 aromatic rings. The van der Waals surface area contributed by atoms with Crippen LogP contribution >= 0.6 is 0 Å². The Kier molecular flexibility index (Phi) is 7.38. The number of carbonyl (C=O) groups excluding carboxylic acids is 4. The van der Waals surface area contributed by atoms with Gasteiger partial charge in [0.05, 0.1) is 19.9 Å². The van der Waals surface area contributed by atoms with Crippen LogP contribution in [0.15, 0.2) is 42.9 Å². The summed E-state index contributed by atoms with van der Waals surface area (Å²) in [4.78, 5) is 62.4. The van der Waals surface area contributed by atoms with Crippen LogP contribution in [0.5, 0.6) is 5.75 Å². The third-order valence-electron chi connectivity index (χ3n) is 5.94. The van der Waals surface area contributed by atoms with E-state index in [1.54, 1.807) is 24.3 Å². The van der Waals surface area contributed by atoms with E-state index in [1.165, 1.54) is 35.5 Å². The summed E-state index contributed by atoms with van der Waals surface area (Å²) in [7, 11) is 1.53. The Labute approximate surface area is 202 Å². The van der Waals surface area contributed by atoms with Gasteiger partial charge in [-0.2, -0.15) is 0 Å². The minimum atomic E-state index is -1.01. The van der Waals surface area contributed by atoms with Crippen LogP contribution in [0.3, 0.4) is 0 Å². The molecule has 1 aromatic heterocycles. The number of rotatable bonds is 5. The SMILES string of the molecule is COc1cccc(NC(=O)N2CCN(C(=O)c3cnccn3)[C@H](C(=O)N[C@H]3CCCNC3=O)C2)c1. The van der Waals surface area contributed by atoms with Crippen LogP contribution in [-0.4, -0.2) is 88.9 Å². The lowest BCUT2D eigenvalue weighted by molar-refractivity contribution is -0.133. The highest BCUT2D eigenvalue weighted by Crippen LogP contribution is 2.19. The molecule has 0 aliphatic carbocycles. The largest absolute Gasteiger partial charge is 0.497 e. The van der Waals surface area contributed by atoms with Crippen molar-refractivity contribution in [1.82, 2.24) is 30.4 Å². The molecule has 3 heterocycles. The van der Waals surface area contributed by atoms with Crippen molar-refractivity contribution < 1.29 is 23.9 Å². The summed E-state index contributed by atoms with van der Waals surface area (Å²) in [5, 5.41) is 8.27. The van der Waals surface area contributed by atoms with Crippen molar-refractivity contribution in [2.24, 2.45) is 0 Å². The van der Waals surface area contributed by atoms with Crippen LogP contribution < -0.4 is 20.7 Å². The van der Waals surface area contributed by atoms with Gasteiger partial charge in [-0.05, 0) is 25.0 Å². The van der Waals surface area contributed by atoms with E-state index >= 15 is 0 Å². The average molecular weight is 482 g/mol. The highest BCUT2D eigenvalue weighted by molar-refractivity contribution is 5.98. The lowest BCUT2D eigenvalue weighted by Gasteiger charge is -2.40. The number of carbonyl (C=O) groups is 4. The van der Waals surface area contributed by atoms with Crippen molar-refractivity contribution in [2.45, 2.75) is 24.9 Å². The molecule has 1 aromatic carbocycles. The number of amides is 5. The smallest absolute Gasteiger partial charge is 0.321 e. The topological polar surface area (TPSA) is 146 Å². The van der Waals surface area contributed by atoms with Gasteiger partial charge in [-0.3, -0.25) is 19.4 Å². The molecule has 4 rings (SSSR count). The maximum atomic E-state index is 13.3. The van der Waals surface area contributed by atoms with Gasteiger partial charge in [0.15, 0.2) is 0 Å². The summed E-state index contributed by atoms with van der Waals surface area (Å²) in [6, 6.07) is 4.79. The molecular formula is C23H27N7O5. The second-order valence-corrected chi connectivity index (χ2v) is 8.21. The molecule has 2 saturated heterocycles. The van der Waals surface area contributed by atoms with Crippen LogP contribution in [0.4, 0.5) is 10.5 Å². The van der Waals surface area contributed by atoms with Gasteiger partial charge < -0.3 is 30.5 Å². The quantitative estimate of drug-likeness (QED) is 0.554. The zero-order valence-corrected chi connectivity index (χ0v) is 19.3. The molecule has 0 unspecified atom stereocenters. The van der Waals surface area contributed by atoms with Gasteiger partial charge in [0.2, 0.25) is 11.8 Å². The number of methoxy groups -OCH3 is 1. The Morgan fingerprint density at radius 3 is 2.80 bits per heavy atom. The number of benzene rings is 1. The summed E-state index contributed by atoms with van der Waals surface area (Å²) < 4.78 is 5.19. The molecule has 2 aliphatic rings. The Morgan fingerprint density at radius 2 is 2.06 bits per heavy atom. The predicted octanol–water partition coefficient (Wildman–Crippen LogP) is 0.239. The molecule has 2 atom stereocenters. The van der Waals surface area contributed by atoms with E-state index in [0.717, 1.165) is 6.42 Å². The summed E-state index contributed by atoms with van der Waals surface area (Å²) in [6.07, 6.45) is 5.41. The van der Waals surface area contributed by atoms with Crippen molar-refractivity contribution in [3.8, 4) is 5.75 Å². The molecule has 184 valence electrons. The minimum Gasteiger partial charge on any atom is -0.497 e. The van der Waals surface area contributed by atoms with Crippen LogP contribution in [0.25, 0.3) is 0 Å². The second kappa shape index (κ2) is 10.8. The first-order valence-corrected chi connectivity index (χ1v) is 11.3. The van der Waals surface area contributed by atoms with Gasteiger partial charge in [0.25, 0.3) is 5.91 Å². The fourth-order valence-corrected chi connectivity index (χ4v) is 4.07. The standard InChI is InChI=1S/C23H27N7O5/c1-35-16-5-2-4-15(12-16)27-23(34)29-10-11-30(22(33)18-13-24-8-9-25-18)19(14-29)21(32)28-17-6-3-7-26-20(17)31/h2,4-5,8-9,12-13,17,19H,3,6-7,10-11,14H2,1H3,(H,26,31)(H,27,34)(H,28,32)/t17-,19-/m0/s1. The van der Waals surface area contributed by atoms with Crippen LogP contribution in [0.1, 0.15) is 23.3 Å². The number of ether oxygens (including phenoxy) is 1. The Bertz CT molecular complexity index is 1100. The normalized spacial score (nSPS) is 20.0. The summed E-state index contributed by atoms with van der Waals surface area (Å²) in [5.41, 5.74) is 0.627. The van der Waals surface area contributed by atoms with Gasteiger partial charge in [-0.25, -0.2) is 9.78 Å². The van der Waals surface area contributed by atoms with Crippen molar-refractivity contribution in [3.63, 3.8) is 0 Å². The number of aromatic nitrogens is 2. The van der Waals surface area contributed by atoms with Gasteiger partial charge in [-0.15, -0.1) is 0 Å². The molecule has 2 aliphatic heterocycles. The molecule has 0 bridgehead atoms. The third kappa shape index (κ3) is 5.65. The van der Waals surface area contributed by atoms with E-state index in [2.05, 4.69) is 25.9 Å².